The molecule has 0 unspecified atom stereocenters. The second-order valence-corrected chi connectivity index (χ2v) is 4.71. The third-order valence-corrected chi connectivity index (χ3v) is 3.27. The first-order chi connectivity index (χ1) is 8.79. The summed E-state index contributed by atoms with van der Waals surface area (Å²) in [5.41, 5.74) is 1.88. The molecule has 1 amide bonds. The van der Waals surface area contributed by atoms with Crippen LogP contribution in [-0.2, 0) is 4.79 Å². The number of anilines is 1. The van der Waals surface area contributed by atoms with Gasteiger partial charge in [-0.05, 0) is 31.3 Å². The van der Waals surface area contributed by atoms with Gasteiger partial charge in [0.2, 0.25) is 5.91 Å². The number of rotatable bonds is 5. The van der Waals surface area contributed by atoms with Crippen LogP contribution in [-0.4, -0.2) is 24.5 Å². The average Bonchev–Trinajstić information content (AvgIpc) is 2.91. The Hall–Kier alpha value is -1.72. The van der Waals surface area contributed by atoms with E-state index in [1.165, 1.54) is 0 Å². The van der Waals surface area contributed by atoms with Crippen molar-refractivity contribution in [2.75, 3.05) is 18.9 Å². The highest BCUT2D eigenvalue weighted by Gasteiger charge is 2.03. The van der Waals surface area contributed by atoms with E-state index >= 15 is 0 Å². The van der Waals surface area contributed by atoms with E-state index in [9.17, 15) is 4.79 Å². The van der Waals surface area contributed by atoms with Crippen molar-refractivity contribution in [2.45, 2.75) is 6.42 Å². The molecule has 4 nitrogen and oxygen atoms in total. The monoisotopic (exact) mass is 261 g/mol. The Labute approximate surface area is 110 Å². The number of aromatic nitrogens is 1. The smallest absolute Gasteiger partial charge is 0.225 e. The van der Waals surface area contributed by atoms with Gasteiger partial charge in [-0.15, -0.1) is 11.3 Å². The van der Waals surface area contributed by atoms with Crippen LogP contribution >= 0.6 is 11.3 Å². The molecule has 0 saturated carbocycles. The van der Waals surface area contributed by atoms with Crippen LogP contribution in [0.3, 0.4) is 0 Å². The maximum atomic E-state index is 11.5. The van der Waals surface area contributed by atoms with Crippen molar-refractivity contribution < 1.29 is 4.79 Å². The van der Waals surface area contributed by atoms with Crippen molar-refractivity contribution in [1.82, 2.24) is 10.3 Å². The maximum Gasteiger partial charge on any atom is 0.225 e. The fourth-order valence-corrected chi connectivity index (χ4v) is 2.17. The fraction of sp³-hybridized carbons (Fsp3) is 0.231. The van der Waals surface area contributed by atoms with Crippen LogP contribution in [0.1, 0.15) is 6.42 Å². The molecule has 2 N–H and O–H groups in total. The summed E-state index contributed by atoms with van der Waals surface area (Å²) in [5, 5.41) is 8.73. The van der Waals surface area contributed by atoms with E-state index in [-0.39, 0.29) is 5.91 Å². The molecule has 1 aromatic carbocycles. The van der Waals surface area contributed by atoms with E-state index in [1.54, 1.807) is 17.5 Å². The predicted molar refractivity (Wildman–Crippen MR) is 74.7 cm³/mol. The lowest BCUT2D eigenvalue weighted by atomic mass is 10.2. The summed E-state index contributed by atoms with van der Waals surface area (Å²) >= 11 is 1.60. The first kappa shape index (κ1) is 12.7. The van der Waals surface area contributed by atoms with E-state index < -0.39 is 0 Å². The highest BCUT2D eigenvalue weighted by atomic mass is 32.1. The minimum atomic E-state index is 0.0198. The molecule has 0 radical (unpaired) electrons. The second-order valence-electron chi connectivity index (χ2n) is 3.82. The van der Waals surface area contributed by atoms with Crippen LogP contribution in [0.2, 0.25) is 0 Å². The van der Waals surface area contributed by atoms with Gasteiger partial charge in [-0.3, -0.25) is 4.79 Å². The summed E-state index contributed by atoms with van der Waals surface area (Å²) < 4.78 is 0. The third-order valence-electron chi connectivity index (χ3n) is 2.45. The Kier molecular flexibility index (Phi) is 4.44. The third kappa shape index (κ3) is 3.38. The maximum absolute atomic E-state index is 11.5. The topological polar surface area (TPSA) is 54.0 Å². The van der Waals surface area contributed by atoms with Gasteiger partial charge in [0.1, 0.15) is 5.01 Å². The van der Waals surface area contributed by atoms with Gasteiger partial charge in [0.25, 0.3) is 0 Å². The molecule has 0 aliphatic rings. The Balaban J connectivity index is 1.98. The Morgan fingerprint density at radius 2 is 2.11 bits per heavy atom. The minimum absolute atomic E-state index is 0.0198. The molecule has 1 aromatic heterocycles. The number of carbonyl (C=O) groups is 1. The number of benzene rings is 1. The molecule has 0 bridgehead atoms. The molecule has 0 aliphatic heterocycles. The average molecular weight is 261 g/mol. The van der Waals surface area contributed by atoms with Crippen LogP contribution in [0, 0.1) is 0 Å². The summed E-state index contributed by atoms with van der Waals surface area (Å²) in [5.74, 6) is 0.0198. The van der Waals surface area contributed by atoms with E-state index in [1.807, 2.05) is 36.7 Å². The summed E-state index contributed by atoms with van der Waals surface area (Å²) in [4.78, 5) is 15.8. The van der Waals surface area contributed by atoms with Crippen molar-refractivity contribution in [3.63, 3.8) is 0 Å². The zero-order chi connectivity index (χ0) is 12.8. The quantitative estimate of drug-likeness (QED) is 0.868. The van der Waals surface area contributed by atoms with E-state index in [0.29, 0.717) is 13.0 Å². The minimum Gasteiger partial charge on any atom is -0.326 e. The number of hydrogen-bond donors (Lipinski definition) is 2. The number of carbonyl (C=O) groups excluding carboxylic acids is 1. The largest absolute Gasteiger partial charge is 0.326 e. The van der Waals surface area contributed by atoms with Crippen molar-refractivity contribution in [2.24, 2.45) is 0 Å². The van der Waals surface area contributed by atoms with Gasteiger partial charge in [0.15, 0.2) is 0 Å². The van der Waals surface area contributed by atoms with Crippen molar-refractivity contribution in [3.8, 4) is 10.6 Å². The molecule has 0 atom stereocenters. The Morgan fingerprint density at radius 1 is 1.33 bits per heavy atom. The number of thiazole rings is 1. The van der Waals surface area contributed by atoms with Crippen LogP contribution in [0.5, 0.6) is 0 Å². The van der Waals surface area contributed by atoms with Crippen LogP contribution in [0.25, 0.3) is 10.6 Å². The van der Waals surface area contributed by atoms with Crippen LogP contribution in [0.4, 0.5) is 5.69 Å². The molecule has 1 heterocycles. The van der Waals surface area contributed by atoms with Gasteiger partial charge >= 0.3 is 0 Å². The van der Waals surface area contributed by atoms with Gasteiger partial charge < -0.3 is 10.6 Å². The van der Waals surface area contributed by atoms with Gasteiger partial charge in [-0.2, -0.15) is 0 Å². The zero-order valence-electron chi connectivity index (χ0n) is 10.1. The predicted octanol–water partition coefficient (Wildman–Crippen LogP) is 2.36. The molecule has 18 heavy (non-hydrogen) atoms. The number of amides is 1. The first-order valence-electron chi connectivity index (χ1n) is 5.74. The first-order valence-corrected chi connectivity index (χ1v) is 6.62. The molecule has 2 aromatic rings. The molecule has 5 heteroatoms. The molecule has 94 valence electrons. The molecular weight excluding hydrogens is 246 g/mol. The van der Waals surface area contributed by atoms with Gasteiger partial charge in [0.05, 0.1) is 0 Å². The number of hydrogen-bond acceptors (Lipinski definition) is 4. The zero-order valence-corrected chi connectivity index (χ0v) is 11.0. The summed E-state index contributed by atoms with van der Waals surface area (Å²) in [6.45, 7) is 0.684. The summed E-state index contributed by atoms with van der Waals surface area (Å²) in [6, 6.07) is 7.72. The highest BCUT2D eigenvalue weighted by Crippen LogP contribution is 2.23. The van der Waals surface area contributed by atoms with Gasteiger partial charge in [0, 0.05) is 35.8 Å². The number of nitrogens with one attached hydrogen (secondary N) is 2. The Morgan fingerprint density at radius 3 is 2.72 bits per heavy atom. The SMILES string of the molecule is CNCCC(=O)Nc1ccc(-c2nccs2)cc1. The normalized spacial score (nSPS) is 10.3. The molecule has 0 fully saturated rings. The molecule has 2 rings (SSSR count). The summed E-state index contributed by atoms with van der Waals surface area (Å²) in [7, 11) is 1.83. The lowest BCUT2D eigenvalue weighted by molar-refractivity contribution is -0.116. The number of nitrogens with zero attached hydrogens (tertiary/aromatic N) is 1. The van der Waals surface area contributed by atoms with Crippen LogP contribution in [0.15, 0.2) is 35.8 Å². The standard InChI is InChI=1S/C13H15N3OS/c1-14-7-6-12(17)16-11-4-2-10(3-5-11)13-15-8-9-18-13/h2-5,8-9,14H,6-7H2,1H3,(H,16,17). The Bertz CT molecular complexity index is 493. The lowest BCUT2D eigenvalue weighted by Crippen LogP contribution is -2.18. The summed E-state index contributed by atoms with van der Waals surface area (Å²) in [6.07, 6.45) is 2.26. The molecule has 0 aliphatic carbocycles. The van der Waals surface area contributed by atoms with Crippen molar-refractivity contribution >= 4 is 22.9 Å². The van der Waals surface area contributed by atoms with Gasteiger partial charge in [-0.25, -0.2) is 4.98 Å². The van der Waals surface area contributed by atoms with E-state index in [2.05, 4.69) is 15.6 Å². The van der Waals surface area contributed by atoms with Crippen LogP contribution < -0.4 is 10.6 Å². The highest BCUT2D eigenvalue weighted by molar-refractivity contribution is 7.13. The molecular formula is C13H15N3OS. The lowest BCUT2D eigenvalue weighted by Gasteiger charge is -2.05. The van der Waals surface area contributed by atoms with Crippen molar-refractivity contribution in [3.05, 3.63) is 35.8 Å². The van der Waals surface area contributed by atoms with E-state index in [0.717, 1.165) is 16.3 Å². The van der Waals surface area contributed by atoms with E-state index in [4.69, 9.17) is 0 Å². The second kappa shape index (κ2) is 6.28. The molecule has 0 spiro atoms. The van der Waals surface area contributed by atoms with Crippen molar-refractivity contribution in [1.29, 1.82) is 0 Å². The van der Waals surface area contributed by atoms with Gasteiger partial charge in [-0.1, -0.05) is 0 Å². The fourth-order valence-electron chi connectivity index (χ4n) is 1.52. The molecule has 0 saturated heterocycles.